The molecule has 0 saturated heterocycles. The van der Waals surface area contributed by atoms with Crippen molar-refractivity contribution >= 4 is 17.6 Å². The molecule has 7 nitrogen and oxygen atoms in total. The zero-order chi connectivity index (χ0) is 13.3. The van der Waals surface area contributed by atoms with Crippen molar-refractivity contribution in [3.8, 4) is 0 Å². The minimum atomic E-state index is -0.259. The number of aryl methyl sites for hydroxylation is 3. The van der Waals surface area contributed by atoms with Crippen LogP contribution in [0.5, 0.6) is 0 Å². The molecular weight excluding hydrogens is 254 g/mol. The van der Waals surface area contributed by atoms with E-state index in [1.807, 2.05) is 19.9 Å². The van der Waals surface area contributed by atoms with Gasteiger partial charge in [-0.1, -0.05) is 0 Å². The topological polar surface area (TPSA) is 90.1 Å². The molecule has 2 heterocycles. The first-order valence-corrected chi connectivity index (χ1v) is 5.96. The van der Waals surface area contributed by atoms with Gasteiger partial charge in [-0.25, -0.2) is 15.0 Å². The average Bonchev–Trinajstić information content (AvgIpc) is 2.59. The summed E-state index contributed by atoms with van der Waals surface area (Å²) in [5.74, 6) is -0.0646. The van der Waals surface area contributed by atoms with Crippen LogP contribution in [0.1, 0.15) is 11.4 Å². The first-order valence-electron chi connectivity index (χ1n) is 5.15. The van der Waals surface area contributed by atoms with E-state index in [9.17, 15) is 5.21 Å². The number of imidazole rings is 1. The highest BCUT2D eigenvalue weighted by atomic mass is 32.2. The Bertz CT molecular complexity index is 549. The van der Waals surface area contributed by atoms with Crippen LogP contribution in [-0.4, -0.2) is 24.7 Å². The first-order chi connectivity index (χ1) is 8.47. The lowest BCUT2D eigenvalue weighted by atomic mass is 10.4. The van der Waals surface area contributed by atoms with Gasteiger partial charge in [-0.3, -0.25) is 5.21 Å². The second-order valence-electron chi connectivity index (χ2n) is 3.79. The minimum absolute atomic E-state index is 0.0646. The predicted molar refractivity (Wildman–Crippen MR) is 66.5 cm³/mol. The number of anilines is 1. The summed E-state index contributed by atoms with van der Waals surface area (Å²) in [6.07, 6.45) is 1.45. The minimum Gasteiger partial charge on any atom is -0.732 e. The molecule has 0 atom stereocenters. The van der Waals surface area contributed by atoms with Crippen LogP contribution in [0.3, 0.4) is 0 Å². The third-order valence-corrected chi connectivity index (χ3v) is 3.22. The summed E-state index contributed by atoms with van der Waals surface area (Å²) in [6.45, 7) is 3.74. The molecule has 0 spiro atoms. The maximum absolute atomic E-state index is 10.9. The van der Waals surface area contributed by atoms with E-state index in [1.54, 1.807) is 11.6 Å². The fourth-order valence-corrected chi connectivity index (χ4v) is 2.45. The van der Waals surface area contributed by atoms with E-state index < -0.39 is 0 Å². The molecule has 0 aliphatic rings. The van der Waals surface area contributed by atoms with Crippen molar-refractivity contribution in [3.63, 3.8) is 0 Å². The summed E-state index contributed by atoms with van der Waals surface area (Å²) in [4.78, 5) is 12.3. The Kier molecular flexibility index (Phi) is 3.50. The highest BCUT2D eigenvalue weighted by Gasteiger charge is 2.13. The second-order valence-corrected chi connectivity index (χ2v) is 4.75. The van der Waals surface area contributed by atoms with E-state index in [0.717, 1.165) is 11.4 Å². The Morgan fingerprint density at radius 3 is 2.50 bits per heavy atom. The van der Waals surface area contributed by atoms with E-state index in [4.69, 9.17) is 5.21 Å². The van der Waals surface area contributed by atoms with Crippen LogP contribution >= 0.6 is 11.8 Å². The van der Waals surface area contributed by atoms with Crippen molar-refractivity contribution in [1.29, 1.82) is 0 Å². The van der Waals surface area contributed by atoms with Gasteiger partial charge in [-0.05, 0) is 31.7 Å². The molecule has 96 valence electrons. The van der Waals surface area contributed by atoms with Crippen molar-refractivity contribution in [2.24, 2.45) is 7.05 Å². The Morgan fingerprint density at radius 1 is 1.33 bits per heavy atom. The van der Waals surface area contributed by atoms with Gasteiger partial charge < -0.3 is 15.0 Å². The van der Waals surface area contributed by atoms with E-state index in [2.05, 4.69) is 15.0 Å². The number of hydrogen-bond donors (Lipinski definition) is 1. The molecule has 0 amide bonds. The molecule has 0 radical (unpaired) electrons. The van der Waals surface area contributed by atoms with Crippen molar-refractivity contribution < 1.29 is 5.21 Å². The van der Waals surface area contributed by atoms with Crippen LogP contribution in [0.2, 0.25) is 0 Å². The molecule has 2 aromatic rings. The predicted octanol–water partition coefficient (Wildman–Crippen LogP) is 1.67. The molecule has 0 saturated carbocycles. The van der Waals surface area contributed by atoms with Gasteiger partial charge in [0, 0.05) is 18.4 Å². The summed E-state index contributed by atoms with van der Waals surface area (Å²) in [5, 5.41) is 20.6. The lowest BCUT2D eigenvalue weighted by Gasteiger charge is -2.19. The number of rotatable bonds is 3. The van der Waals surface area contributed by atoms with Crippen LogP contribution in [0.4, 0.5) is 5.82 Å². The fraction of sp³-hybridized carbons (Fsp3) is 0.300. The van der Waals surface area contributed by atoms with Crippen LogP contribution in [0, 0.1) is 19.1 Å². The van der Waals surface area contributed by atoms with Crippen LogP contribution in [0.15, 0.2) is 22.6 Å². The number of aromatic nitrogens is 4. The van der Waals surface area contributed by atoms with E-state index in [0.29, 0.717) is 10.2 Å². The van der Waals surface area contributed by atoms with Gasteiger partial charge >= 0.3 is 0 Å². The summed E-state index contributed by atoms with van der Waals surface area (Å²) >= 11 is 1.18. The van der Waals surface area contributed by atoms with Gasteiger partial charge in [0.1, 0.15) is 5.03 Å². The largest absolute Gasteiger partial charge is 0.732 e. The van der Waals surface area contributed by atoms with Gasteiger partial charge in [0.05, 0.1) is 6.33 Å². The molecule has 0 fully saturated rings. The Labute approximate surface area is 108 Å². The molecule has 0 unspecified atom stereocenters. The summed E-state index contributed by atoms with van der Waals surface area (Å²) < 4.78 is 1.63. The Morgan fingerprint density at radius 2 is 1.94 bits per heavy atom. The van der Waals surface area contributed by atoms with Crippen molar-refractivity contribution in [2.75, 3.05) is 5.23 Å². The molecule has 2 aromatic heterocycles. The molecular formula is C10H12N5O2S-. The van der Waals surface area contributed by atoms with Crippen molar-refractivity contribution in [3.05, 3.63) is 29.0 Å². The van der Waals surface area contributed by atoms with Crippen LogP contribution in [0.25, 0.3) is 0 Å². The van der Waals surface area contributed by atoms with Gasteiger partial charge in [0.25, 0.3) is 0 Å². The molecule has 18 heavy (non-hydrogen) atoms. The SMILES string of the molecule is Cc1cc(C)nc(Sc2c(N([O-])O)ncn2C)n1. The number of hydrogen-bond acceptors (Lipinski definition) is 7. The summed E-state index contributed by atoms with van der Waals surface area (Å²) in [5.41, 5.74) is 1.69. The molecule has 2 rings (SSSR count). The normalized spacial score (nSPS) is 10.7. The van der Waals surface area contributed by atoms with Gasteiger partial charge in [-0.2, -0.15) is 0 Å². The highest BCUT2D eigenvalue weighted by molar-refractivity contribution is 7.99. The zero-order valence-electron chi connectivity index (χ0n) is 10.2. The van der Waals surface area contributed by atoms with E-state index >= 15 is 0 Å². The lowest BCUT2D eigenvalue weighted by Crippen LogP contribution is -2.09. The van der Waals surface area contributed by atoms with Crippen LogP contribution < -0.4 is 5.23 Å². The standard InChI is InChI=1S/C10H12N5O2S/c1-6-4-7(2)13-10(12-6)18-9-8(15(16)17)11-5-14(9)3/h4-5,16H,1-3H3/q-1. The van der Waals surface area contributed by atoms with Crippen molar-refractivity contribution in [2.45, 2.75) is 24.0 Å². The Balaban J connectivity index is 2.36. The smallest absolute Gasteiger partial charge is 0.194 e. The van der Waals surface area contributed by atoms with E-state index in [-0.39, 0.29) is 11.0 Å². The summed E-state index contributed by atoms with van der Waals surface area (Å²) in [6, 6.07) is 1.86. The fourth-order valence-electron chi connectivity index (χ4n) is 1.48. The highest BCUT2D eigenvalue weighted by Crippen LogP contribution is 2.31. The Hall–Kier alpha value is -1.64. The molecule has 1 N–H and O–H groups in total. The maximum Gasteiger partial charge on any atom is 0.194 e. The molecule has 0 aromatic carbocycles. The van der Waals surface area contributed by atoms with Gasteiger partial charge in [0.2, 0.25) is 0 Å². The second kappa shape index (κ2) is 4.92. The first kappa shape index (κ1) is 12.8. The third-order valence-electron chi connectivity index (χ3n) is 2.20. The third kappa shape index (κ3) is 2.61. The molecule has 8 heteroatoms. The molecule has 0 aliphatic carbocycles. The lowest BCUT2D eigenvalue weighted by molar-refractivity contribution is 0.291. The molecule has 0 bridgehead atoms. The quantitative estimate of drug-likeness (QED) is 0.667. The maximum atomic E-state index is 10.9. The summed E-state index contributed by atoms with van der Waals surface area (Å²) in [7, 11) is 1.73. The molecule has 0 aliphatic heterocycles. The zero-order valence-corrected chi connectivity index (χ0v) is 11.0. The monoisotopic (exact) mass is 266 g/mol. The van der Waals surface area contributed by atoms with Gasteiger partial charge in [0.15, 0.2) is 11.0 Å². The average molecular weight is 266 g/mol. The van der Waals surface area contributed by atoms with Crippen LogP contribution in [-0.2, 0) is 7.05 Å². The van der Waals surface area contributed by atoms with Crippen molar-refractivity contribution in [1.82, 2.24) is 19.5 Å². The number of nitrogens with zero attached hydrogens (tertiary/aromatic N) is 5. The van der Waals surface area contributed by atoms with E-state index in [1.165, 1.54) is 18.1 Å². The van der Waals surface area contributed by atoms with Gasteiger partial charge in [-0.15, -0.1) is 0 Å².